The third-order valence-corrected chi connectivity index (χ3v) is 7.67. The smallest absolute Gasteiger partial charge is 0.392 e. The lowest BCUT2D eigenvalue weighted by Gasteiger charge is -2.39. The molecule has 0 bridgehead atoms. The summed E-state index contributed by atoms with van der Waals surface area (Å²) in [6.45, 7) is 3.44. The molecule has 222 valence electrons. The van der Waals surface area contributed by atoms with E-state index in [4.69, 9.17) is 14.2 Å². The van der Waals surface area contributed by atoms with Crippen LogP contribution < -0.4 is 5.32 Å². The summed E-state index contributed by atoms with van der Waals surface area (Å²) in [5.41, 5.74) is 2.75. The molecule has 0 radical (unpaired) electrons. The Labute approximate surface area is 236 Å². The van der Waals surface area contributed by atoms with Gasteiger partial charge >= 0.3 is 12.1 Å². The van der Waals surface area contributed by atoms with Crippen LogP contribution in [0.2, 0.25) is 0 Å². The second-order valence-corrected chi connectivity index (χ2v) is 10.5. The summed E-state index contributed by atoms with van der Waals surface area (Å²) in [6, 6.07) is 13.2. The van der Waals surface area contributed by atoms with Crippen LogP contribution in [-0.4, -0.2) is 84.4 Å². The fourth-order valence-electron chi connectivity index (χ4n) is 5.54. The van der Waals surface area contributed by atoms with Gasteiger partial charge in [0.2, 0.25) is 5.91 Å². The molecule has 3 fully saturated rings. The number of ether oxygens (including phenoxy) is 3. The van der Waals surface area contributed by atoms with Crippen molar-refractivity contribution in [1.82, 2.24) is 9.80 Å². The number of hydrogen-bond donors (Lipinski definition) is 2. The largest absolute Gasteiger partial charge is 0.471 e. The van der Waals surface area contributed by atoms with Gasteiger partial charge in [-0.3, -0.25) is 14.5 Å². The van der Waals surface area contributed by atoms with Gasteiger partial charge in [0.15, 0.2) is 6.29 Å². The van der Waals surface area contributed by atoms with Crippen LogP contribution >= 0.6 is 0 Å². The van der Waals surface area contributed by atoms with Crippen LogP contribution in [0.25, 0.3) is 0 Å². The summed E-state index contributed by atoms with van der Waals surface area (Å²) in [5.74, 6) is -2.67. The van der Waals surface area contributed by atoms with Gasteiger partial charge in [-0.25, -0.2) is 0 Å². The van der Waals surface area contributed by atoms with Gasteiger partial charge in [0.1, 0.15) is 6.04 Å². The molecule has 2 amide bonds. The van der Waals surface area contributed by atoms with E-state index >= 15 is 0 Å². The quantitative estimate of drug-likeness (QED) is 0.519. The fourth-order valence-corrected chi connectivity index (χ4v) is 5.54. The number of morpholine rings is 1. The third kappa shape index (κ3) is 7.25. The number of amides is 2. The summed E-state index contributed by atoms with van der Waals surface area (Å²) < 4.78 is 57.3. The van der Waals surface area contributed by atoms with Crippen molar-refractivity contribution in [1.29, 1.82) is 0 Å². The molecule has 2 aromatic rings. The van der Waals surface area contributed by atoms with E-state index in [1.54, 1.807) is 24.3 Å². The zero-order chi connectivity index (χ0) is 29.0. The Hall–Kier alpha value is -3.03. The standard InChI is InChI=1S/C29H34F3N3O6/c30-29(31,32)28(38)35-10-2-5-24(35)26(37)33-22-4-1-3-21(15-22)27-40-23(17-34-11-13-39-14-12-34)16-25(41-27)20-8-6-19(18-36)7-9-20/h1,3-4,6-9,15,23-25,27,36H,2,5,10-14,16-18H2,(H,33,37)/t23-,24+,25+,27+/m1/s1. The van der Waals surface area contributed by atoms with Gasteiger partial charge in [-0.05, 0) is 36.1 Å². The average Bonchev–Trinajstić information content (AvgIpc) is 3.47. The fraction of sp³-hybridized carbons (Fsp3) is 0.517. The first-order valence-electron chi connectivity index (χ1n) is 13.8. The first-order valence-corrected chi connectivity index (χ1v) is 13.8. The van der Waals surface area contributed by atoms with E-state index < -0.39 is 30.3 Å². The Balaban J connectivity index is 1.32. The van der Waals surface area contributed by atoms with Crippen LogP contribution in [0.5, 0.6) is 0 Å². The zero-order valence-corrected chi connectivity index (χ0v) is 22.5. The van der Waals surface area contributed by atoms with Crippen LogP contribution in [0.15, 0.2) is 48.5 Å². The van der Waals surface area contributed by atoms with Crippen molar-refractivity contribution in [3.05, 3.63) is 65.2 Å². The van der Waals surface area contributed by atoms with E-state index in [0.717, 1.165) is 24.2 Å². The number of halogens is 3. The molecule has 12 heteroatoms. The number of hydrogen-bond acceptors (Lipinski definition) is 7. The Morgan fingerprint density at radius 2 is 1.76 bits per heavy atom. The molecule has 4 atom stereocenters. The van der Waals surface area contributed by atoms with E-state index in [1.165, 1.54) is 0 Å². The minimum absolute atomic E-state index is 0.0569. The van der Waals surface area contributed by atoms with Crippen LogP contribution in [-0.2, 0) is 30.4 Å². The van der Waals surface area contributed by atoms with Crippen molar-refractivity contribution in [3.8, 4) is 0 Å². The molecule has 2 aromatic carbocycles. The third-order valence-electron chi connectivity index (χ3n) is 7.67. The number of aliphatic hydroxyl groups is 1. The van der Waals surface area contributed by atoms with Crippen LogP contribution in [0.1, 0.15) is 48.3 Å². The molecular formula is C29H34F3N3O6. The first kappa shape index (κ1) is 29.5. The first-order chi connectivity index (χ1) is 19.7. The van der Waals surface area contributed by atoms with E-state index in [1.807, 2.05) is 24.3 Å². The highest BCUT2D eigenvalue weighted by atomic mass is 19.4. The summed E-state index contributed by atoms with van der Waals surface area (Å²) >= 11 is 0. The van der Waals surface area contributed by atoms with E-state index in [2.05, 4.69) is 10.2 Å². The molecule has 41 heavy (non-hydrogen) atoms. The lowest BCUT2D eigenvalue weighted by Crippen LogP contribution is -2.48. The van der Waals surface area contributed by atoms with Crippen molar-refractivity contribution < 1.29 is 42.1 Å². The van der Waals surface area contributed by atoms with Gasteiger partial charge in [0, 0.05) is 43.9 Å². The Bertz CT molecular complexity index is 1210. The number of alkyl halides is 3. The predicted molar refractivity (Wildman–Crippen MR) is 142 cm³/mol. The van der Waals surface area contributed by atoms with Crippen molar-refractivity contribution in [3.63, 3.8) is 0 Å². The molecule has 2 N–H and O–H groups in total. The summed E-state index contributed by atoms with van der Waals surface area (Å²) in [5, 5.41) is 12.1. The number of nitrogens with zero attached hydrogens (tertiary/aromatic N) is 2. The highest BCUT2D eigenvalue weighted by Crippen LogP contribution is 2.39. The normalized spacial score (nSPS) is 25.7. The molecule has 3 aliphatic rings. The number of nitrogens with one attached hydrogen (secondary N) is 1. The molecular weight excluding hydrogens is 543 g/mol. The second kappa shape index (κ2) is 12.9. The summed E-state index contributed by atoms with van der Waals surface area (Å²) in [6.07, 6.45) is -5.15. The Morgan fingerprint density at radius 1 is 1.00 bits per heavy atom. The lowest BCUT2D eigenvalue weighted by molar-refractivity contribution is -0.253. The molecule has 0 aliphatic carbocycles. The summed E-state index contributed by atoms with van der Waals surface area (Å²) in [7, 11) is 0. The molecule has 3 saturated heterocycles. The van der Waals surface area contributed by atoms with Gasteiger partial charge < -0.3 is 29.5 Å². The number of carbonyl (C=O) groups is 2. The Morgan fingerprint density at radius 3 is 2.46 bits per heavy atom. The highest BCUT2D eigenvalue weighted by molar-refractivity contribution is 5.98. The predicted octanol–water partition coefficient (Wildman–Crippen LogP) is 3.55. The highest BCUT2D eigenvalue weighted by Gasteiger charge is 2.47. The molecule has 5 rings (SSSR count). The number of rotatable bonds is 7. The molecule has 9 nitrogen and oxygen atoms in total. The molecule has 0 spiro atoms. The summed E-state index contributed by atoms with van der Waals surface area (Å²) in [4.78, 5) is 27.6. The number of anilines is 1. The molecule has 0 saturated carbocycles. The van der Waals surface area contributed by atoms with Crippen molar-refractivity contribution in [2.45, 2.75) is 56.6 Å². The minimum atomic E-state index is -5.04. The van der Waals surface area contributed by atoms with Gasteiger partial charge in [0.25, 0.3) is 0 Å². The van der Waals surface area contributed by atoms with E-state index in [9.17, 15) is 27.9 Å². The monoisotopic (exact) mass is 577 g/mol. The topological polar surface area (TPSA) is 101 Å². The van der Waals surface area contributed by atoms with Gasteiger partial charge in [-0.2, -0.15) is 13.2 Å². The lowest BCUT2D eigenvalue weighted by atomic mass is 9.99. The van der Waals surface area contributed by atoms with Crippen molar-refractivity contribution in [2.75, 3.05) is 44.7 Å². The second-order valence-electron chi connectivity index (χ2n) is 10.5. The van der Waals surface area contributed by atoms with Crippen LogP contribution in [0.4, 0.5) is 18.9 Å². The maximum atomic E-state index is 13.0. The van der Waals surface area contributed by atoms with E-state index in [-0.39, 0.29) is 31.8 Å². The average molecular weight is 578 g/mol. The zero-order valence-electron chi connectivity index (χ0n) is 22.5. The SMILES string of the molecule is O=C(Nc1cccc([C@H]2O[C@@H](CN3CCOCC3)C[C@@H](c3ccc(CO)cc3)O2)c1)[C@@H]1CCCN1C(=O)C(F)(F)F. The van der Waals surface area contributed by atoms with Crippen LogP contribution in [0.3, 0.4) is 0 Å². The van der Waals surface area contributed by atoms with Gasteiger partial charge in [-0.15, -0.1) is 0 Å². The number of benzene rings is 2. The molecule has 0 unspecified atom stereocenters. The Kier molecular flexibility index (Phi) is 9.25. The van der Waals surface area contributed by atoms with Crippen molar-refractivity contribution in [2.24, 2.45) is 0 Å². The van der Waals surface area contributed by atoms with Crippen molar-refractivity contribution >= 4 is 17.5 Å². The van der Waals surface area contributed by atoms with Gasteiger partial charge in [0.05, 0.1) is 32.0 Å². The molecule has 0 aromatic heterocycles. The molecule has 3 aliphatic heterocycles. The van der Waals surface area contributed by atoms with Crippen LogP contribution in [0, 0.1) is 0 Å². The number of carbonyl (C=O) groups excluding carboxylic acids is 2. The minimum Gasteiger partial charge on any atom is -0.392 e. The number of likely N-dealkylation sites (tertiary alicyclic amines) is 1. The van der Waals surface area contributed by atoms with E-state index in [0.29, 0.717) is 48.8 Å². The molecule has 3 heterocycles. The maximum absolute atomic E-state index is 13.0. The number of aliphatic hydroxyl groups excluding tert-OH is 1. The maximum Gasteiger partial charge on any atom is 0.471 e. The van der Waals surface area contributed by atoms with Gasteiger partial charge in [-0.1, -0.05) is 36.4 Å².